The SMILES string of the molecule is Cc1c(-c2nnc(C)n(O)c2=O)ccc(S(C)(=O)=O)c1COCC(F)(F)F. The fourth-order valence-electron chi connectivity index (χ4n) is 2.41. The van der Waals surface area contributed by atoms with Crippen LogP contribution in [-0.4, -0.2) is 47.6 Å². The molecular formula is C15H16F3N3O5S. The summed E-state index contributed by atoms with van der Waals surface area (Å²) in [7, 11) is -3.78. The normalized spacial score (nSPS) is 12.4. The molecule has 8 nitrogen and oxygen atoms in total. The highest BCUT2D eigenvalue weighted by Crippen LogP contribution is 2.29. The molecule has 0 bridgehead atoms. The third-order valence-electron chi connectivity index (χ3n) is 3.72. The first-order valence-electron chi connectivity index (χ1n) is 7.46. The molecule has 0 fully saturated rings. The Kier molecular flexibility index (Phi) is 5.61. The minimum Gasteiger partial charge on any atom is -0.424 e. The van der Waals surface area contributed by atoms with Crippen LogP contribution >= 0.6 is 0 Å². The maximum absolute atomic E-state index is 12.3. The van der Waals surface area contributed by atoms with Crippen LogP contribution in [0.5, 0.6) is 0 Å². The van der Waals surface area contributed by atoms with Crippen molar-refractivity contribution in [3.05, 3.63) is 39.4 Å². The highest BCUT2D eigenvalue weighted by atomic mass is 32.2. The van der Waals surface area contributed by atoms with Gasteiger partial charge in [-0.2, -0.15) is 13.2 Å². The molecule has 0 spiro atoms. The lowest BCUT2D eigenvalue weighted by molar-refractivity contribution is -0.176. The van der Waals surface area contributed by atoms with E-state index in [1.807, 2.05) is 0 Å². The van der Waals surface area contributed by atoms with Crippen molar-refractivity contribution in [1.82, 2.24) is 14.9 Å². The number of alkyl halides is 3. The lowest BCUT2D eigenvalue weighted by atomic mass is 10.0. The third kappa shape index (κ3) is 4.63. The number of ether oxygens (including phenoxy) is 1. The van der Waals surface area contributed by atoms with Crippen LogP contribution in [0.2, 0.25) is 0 Å². The summed E-state index contributed by atoms with van der Waals surface area (Å²) in [6.45, 7) is 0.551. The van der Waals surface area contributed by atoms with Crippen LogP contribution in [0.4, 0.5) is 13.2 Å². The van der Waals surface area contributed by atoms with Crippen LogP contribution in [0.3, 0.4) is 0 Å². The molecule has 1 heterocycles. The number of benzene rings is 1. The molecule has 27 heavy (non-hydrogen) atoms. The molecule has 12 heteroatoms. The van der Waals surface area contributed by atoms with Crippen LogP contribution < -0.4 is 5.56 Å². The van der Waals surface area contributed by atoms with E-state index in [2.05, 4.69) is 14.9 Å². The number of halogens is 3. The zero-order valence-electron chi connectivity index (χ0n) is 14.5. The van der Waals surface area contributed by atoms with E-state index in [-0.39, 0.29) is 37.8 Å². The van der Waals surface area contributed by atoms with Gasteiger partial charge in [-0.3, -0.25) is 4.79 Å². The van der Waals surface area contributed by atoms with Crippen molar-refractivity contribution in [3.63, 3.8) is 0 Å². The molecule has 0 saturated carbocycles. The zero-order chi connectivity index (χ0) is 20.6. The smallest absolute Gasteiger partial charge is 0.411 e. The molecule has 0 aliphatic rings. The number of sulfone groups is 1. The van der Waals surface area contributed by atoms with E-state index in [0.717, 1.165) is 12.3 Å². The van der Waals surface area contributed by atoms with Gasteiger partial charge in [-0.25, -0.2) is 8.42 Å². The summed E-state index contributed by atoms with van der Waals surface area (Å²) >= 11 is 0. The number of aryl methyl sites for hydroxylation is 1. The Morgan fingerprint density at radius 2 is 1.85 bits per heavy atom. The van der Waals surface area contributed by atoms with Gasteiger partial charge in [-0.1, -0.05) is 6.07 Å². The van der Waals surface area contributed by atoms with Gasteiger partial charge in [0, 0.05) is 11.8 Å². The van der Waals surface area contributed by atoms with Crippen LogP contribution in [0, 0.1) is 13.8 Å². The average molecular weight is 407 g/mol. The van der Waals surface area contributed by atoms with Gasteiger partial charge >= 0.3 is 11.7 Å². The molecule has 0 amide bonds. The molecule has 148 valence electrons. The zero-order valence-corrected chi connectivity index (χ0v) is 15.3. The summed E-state index contributed by atoms with van der Waals surface area (Å²) in [5.41, 5.74) is -0.924. The van der Waals surface area contributed by atoms with E-state index in [9.17, 15) is 31.6 Å². The molecule has 2 rings (SSSR count). The van der Waals surface area contributed by atoms with E-state index in [1.165, 1.54) is 19.9 Å². The fourth-order valence-corrected chi connectivity index (χ4v) is 3.38. The van der Waals surface area contributed by atoms with E-state index in [4.69, 9.17) is 0 Å². The van der Waals surface area contributed by atoms with Crippen molar-refractivity contribution in [1.29, 1.82) is 0 Å². The molecular weight excluding hydrogens is 391 g/mol. The molecule has 0 radical (unpaired) electrons. The van der Waals surface area contributed by atoms with E-state index < -0.39 is 34.8 Å². The molecule has 1 aromatic carbocycles. The van der Waals surface area contributed by atoms with Crippen molar-refractivity contribution in [2.45, 2.75) is 31.5 Å². The van der Waals surface area contributed by atoms with Gasteiger partial charge in [0.2, 0.25) is 0 Å². The monoisotopic (exact) mass is 407 g/mol. The second kappa shape index (κ2) is 7.27. The van der Waals surface area contributed by atoms with E-state index >= 15 is 0 Å². The maximum atomic E-state index is 12.3. The second-order valence-corrected chi connectivity index (χ2v) is 7.79. The molecule has 2 aromatic rings. The number of rotatable bonds is 5. The number of nitrogens with zero attached hydrogens (tertiary/aromatic N) is 3. The number of hydrogen-bond acceptors (Lipinski definition) is 7. The van der Waals surface area contributed by atoms with Crippen LogP contribution in [0.15, 0.2) is 21.8 Å². The summed E-state index contributed by atoms with van der Waals surface area (Å²) in [5, 5.41) is 17.0. The van der Waals surface area contributed by atoms with Gasteiger partial charge in [0.15, 0.2) is 21.4 Å². The Hall–Kier alpha value is -2.47. The first-order chi connectivity index (χ1) is 12.3. The summed E-state index contributed by atoms with van der Waals surface area (Å²) < 4.78 is 65.8. The van der Waals surface area contributed by atoms with E-state index in [0.29, 0.717) is 0 Å². The van der Waals surface area contributed by atoms with Gasteiger partial charge in [-0.15, -0.1) is 14.9 Å². The van der Waals surface area contributed by atoms with Gasteiger partial charge in [0.1, 0.15) is 6.61 Å². The minimum atomic E-state index is -4.58. The molecule has 1 aromatic heterocycles. The molecule has 0 aliphatic carbocycles. The van der Waals surface area contributed by atoms with Crippen molar-refractivity contribution in [2.75, 3.05) is 12.9 Å². The molecule has 0 unspecified atom stereocenters. The van der Waals surface area contributed by atoms with Crippen LogP contribution in [-0.2, 0) is 21.2 Å². The molecule has 0 atom stereocenters. The van der Waals surface area contributed by atoms with Gasteiger partial charge in [0.25, 0.3) is 0 Å². The molecule has 0 aliphatic heterocycles. The largest absolute Gasteiger partial charge is 0.424 e. The Morgan fingerprint density at radius 1 is 1.22 bits per heavy atom. The van der Waals surface area contributed by atoms with Crippen LogP contribution in [0.1, 0.15) is 17.0 Å². The topological polar surface area (TPSA) is 111 Å². The summed E-state index contributed by atoms with van der Waals surface area (Å²) in [6.07, 6.45) is -3.68. The second-order valence-electron chi connectivity index (χ2n) is 5.81. The molecule has 0 saturated heterocycles. The van der Waals surface area contributed by atoms with Crippen molar-refractivity contribution < 1.29 is 31.5 Å². The van der Waals surface area contributed by atoms with Gasteiger partial charge in [-0.05, 0) is 31.0 Å². The third-order valence-corrected chi connectivity index (χ3v) is 4.90. The average Bonchev–Trinajstić information content (AvgIpc) is 2.52. The Balaban J connectivity index is 2.61. The van der Waals surface area contributed by atoms with Crippen LogP contribution in [0.25, 0.3) is 11.3 Å². The Bertz CT molecular complexity index is 1030. The Morgan fingerprint density at radius 3 is 2.41 bits per heavy atom. The minimum absolute atomic E-state index is 0.0366. The number of aromatic nitrogens is 3. The predicted octanol–water partition coefficient (Wildman–Crippen LogP) is 1.64. The van der Waals surface area contributed by atoms with Gasteiger partial charge in [0.05, 0.1) is 11.5 Å². The fraction of sp³-hybridized carbons (Fsp3) is 0.400. The summed E-state index contributed by atoms with van der Waals surface area (Å²) in [6, 6.07) is 2.42. The molecule has 1 N–H and O–H groups in total. The van der Waals surface area contributed by atoms with E-state index in [1.54, 1.807) is 0 Å². The Labute approximate surface area is 152 Å². The lowest BCUT2D eigenvalue weighted by Crippen LogP contribution is -2.25. The standard InChI is InChI=1S/C15H16F3N3O5S/c1-8-10(13-14(22)21(23)9(2)19-20-13)4-5-12(27(3,24)25)11(8)6-26-7-15(16,17)18/h4-5,23H,6-7H2,1-3H3. The first kappa shape index (κ1) is 20.8. The predicted molar refractivity (Wildman–Crippen MR) is 87.2 cm³/mol. The van der Waals surface area contributed by atoms with Crippen molar-refractivity contribution in [2.24, 2.45) is 0 Å². The van der Waals surface area contributed by atoms with Crippen molar-refractivity contribution >= 4 is 9.84 Å². The summed E-state index contributed by atoms with van der Waals surface area (Å²) in [5.74, 6) is -0.0668. The summed E-state index contributed by atoms with van der Waals surface area (Å²) in [4.78, 5) is 12.0. The van der Waals surface area contributed by atoms with Crippen molar-refractivity contribution in [3.8, 4) is 11.3 Å². The quantitative estimate of drug-likeness (QED) is 0.750. The number of hydrogen-bond donors (Lipinski definition) is 1. The maximum Gasteiger partial charge on any atom is 0.411 e. The lowest BCUT2D eigenvalue weighted by Gasteiger charge is -2.16. The highest BCUT2D eigenvalue weighted by Gasteiger charge is 2.28. The highest BCUT2D eigenvalue weighted by molar-refractivity contribution is 7.90. The van der Waals surface area contributed by atoms with Gasteiger partial charge < -0.3 is 9.94 Å². The first-order valence-corrected chi connectivity index (χ1v) is 9.35.